The smallest absolute Gasteiger partial charge is 0.339 e. The van der Waals surface area contributed by atoms with Crippen LogP contribution in [0.3, 0.4) is 0 Å². The van der Waals surface area contributed by atoms with Gasteiger partial charge in [-0.3, -0.25) is 15.1 Å². The van der Waals surface area contributed by atoms with E-state index >= 15 is 0 Å². The van der Waals surface area contributed by atoms with Gasteiger partial charge in [-0.15, -0.1) is 0 Å². The number of aromatic nitrogens is 1. The zero-order chi connectivity index (χ0) is 13.1. The minimum atomic E-state index is -0.490. The van der Waals surface area contributed by atoms with Crippen molar-refractivity contribution < 1.29 is 14.5 Å². The highest BCUT2D eigenvalue weighted by Gasteiger charge is 2.11. The number of nitrogens with zero attached hydrogens (tertiary/aromatic N) is 2. The number of rotatable bonds is 3. The number of pyridine rings is 1. The first kappa shape index (κ1) is 12.0. The molecule has 6 nitrogen and oxygen atoms in total. The average Bonchev–Trinajstić information content (AvgIpc) is 2.37. The molecule has 0 spiro atoms. The molecule has 0 aliphatic rings. The van der Waals surface area contributed by atoms with Gasteiger partial charge in [0.05, 0.1) is 22.6 Å². The van der Waals surface area contributed by atoms with E-state index in [4.69, 9.17) is 4.74 Å². The second-order valence-corrected chi connectivity index (χ2v) is 3.58. The van der Waals surface area contributed by atoms with Gasteiger partial charge >= 0.3 is 5.97 Å². The standard InChI is InChI=1S/C12H10N2O4/c1-2-18-12(15)9-5-8-6-10(14(16)17)3-4-11(8)13-7-9/h3-7H,2H2,1H3. The quantitative estimate of drug-likeness (QED) is 0.471. The number of fused-ring (bicyclic) bond motifs is 1. The number of hydrogen-bond acceptors (Lipinski definition) is 5. The largest absolute Gasteiger partial charge is 0.462 e. The number of ether oxygens (including phenoxy) is 1. The van der Waals surface area contributed by atoms with Crippen molar-refractivity contribution in [2.45, 2.75) is 6.92 Å². The second kappa shape index (κ2) is 4.79. The van der Waals surface area contributed by atoms with E-state index in [0.717, 1.165) is 0 Å². The number of benzene rings is 1. The van der Waals surface area contributed by atoms with Crippen LogP contribution in [-0.2, 0) is 4.74 Å². The van der Waals surface area contributed by atoms with Crippen molar-refractivity contribution >= 4 is 22.6 Å². The fourth-order valence-corrected chi connectivity index (χ4v) is 1.56. The Kier molecular flexibility index (Phi) is 3.18. The van der Waals surface area contributed by atoms with Crippen LogP contribution >= 0.6 is 0 Å². The van der Waals surface area contributed by atoms with Crippen LogP contribution in [0.4, 0.5) is 5.69 Å². The Morgan fingerprint density at radius 1 is 1.44 bits per heavy atom. The third-order valence-electron chi connectivity index (χ3n) is 2.39. The molecule has 0 saturated heterocycles. The van der Waals surface area contributed by atoms with E-state index in [-0.39, 0.29) is 17.9 Å². The Bertz CT molecular complexity index is 625. The summed E-state index contributed by atoms with van der Waals surface area (Å²) in [6.07, 6.45) is 1.40. The third-order valence-corrected chi connectivity index (χ3v) is 2.39. The highest BCUT2D eigenvalue weighted by molar-refractivity contribution is 5.94. The number of non-ortho nitro benzene ring substituents is 1. The SMILES string of the molecule is CCOC(=O)c1cnc2ccc([N+](=O)[O-])cc2c1. The molecule has 0 saturated carbocycles. The van der Waals surface area contributed by atoms with Gasteiger partial charge in [-0.05, 0) is 19.1 Å². The van der Waals surface area contributed by atoms with Crippen LogP contribution in [0.15, 0.2) is 30.5 Å². The zero-order valence-electron chi connectivity index (χ0n) is 9.62. The van der Waals surface area contributed by atoms with Crippen molar-refractivity contribution in [1.29, 1.82) is 0 Å². The highest BCUT2D eigenvalue weighted by atomic mass is 16.6. The molecule has 0 N–H and O–H groups in total. The van der Waals surface area contributed by atoms with Crippen LogP contribution in [0, 0.1) is 10.1 Å². The van der Waals surface area contributed by atoms with Crippen molar-refractivity contribution in [2.24, 2.45) is 0 Å². The fourth-order valence-electron chi connectivity index (χ4n) is 1.56. The van der Waals surface area contributed by atoms with Gasteiger partial charge in [0.15, 0.2) is 0 Å². The van der Waals surface area contributed by atoms with Crippen molar-refractivity contribution in [2.75, 3.05) is 6.61 Å². The molecule has 0 atom stereocenters. The minimum absolute atomic E-state index is 0.0368. The molecule has 1 aromatic carbocycles. The molecule has 1 heterocycles. The summed E-state index contributed by atoms with van der Waals surface area (Å²) in [4.78, 5) is 25.7. The summed E-state index contributed by atoms with van der Waals surface area (Å²) < 4.78 is 4.84. The maximum absolute atomic E-state index is 11.5. The number of esters is 1. The van der Waals surface area contributed by atoms with E-state index in [1.54, 1.807) is 13.0 Å². The molecular weight excluding hydrogens is 236 g/mol. The Labute approximate surface area is 102 Å². The van der Waals surface area contributed by atoms with Gasteiger partial charge in [-0.25, -0.2) is 4.79 Å². The second-order valence-electron chi connectivity index (χ2n) is 3.58. The summed E-state index contributed by atoms with van der Waals surface area (Å²) in [7, 11) is 0. The van der Waals surface area contributed by atoms with Crippen LogP contribution in [0.2, 0.25) is 0 Å². The van der Waals surface area contributed by atoms with Crippen molar-refractivity contribution in [3.63, 3.8) is 0 Å². The Morgan fingerprint density at radius 3 is 2.89 bits per heavy atom. The fraction of sp³-hybridized carbons (Fsp3) is 0.167. The minimum Gasteiger partial charge on any atom is -0.462 e. The molecule has 0 radical (unpaired) electrons. The van der Waals surface area contributed by atoms with E-state index < -0.39 is 10.9 Å². The van der Waals surface area contributed by atoms with Crippen LogP contribution < -0.4 is 0 Å². The first-order valence-corrected chi connectivity index (χ1v) is 5.33. The molecule has 2 rings (SSSR count). The van der Waals surface area contributed by atoms with Crippen molar-refractivity contribution in [3.05, 3.63) is 46.1 Å². The van der Waals surface area contributed by atoms with Crippen LogP contribution in [0.1, 0.15) is 17.3 Å². The van der Waals surface area contributed by atoms with Crippen LogP contribution in [0.5, 0.6) is 0 Å². The van der Waals surface area contributed by atoms with Crippen LogP contribution in [-0.4, -0.2) is 22.5 Å². The number of nitro groups is 1. The van der Waals surface area contributed by atoms with E-state index in [9.17, 15) is 14.9 Å². The lowest BCUT2D eigenvalue weighted by Crippen LogP contribution is -2.05. The van der Waals surface area contributed by atoms with Crippen molar-refractivity contribution in [3.8, 4) is 0 Å². The summed E-state index contributed by atoms with van der Waals surface area (Å²) in [6.45, 7) is 1.98. The number of hydrogen-bond donors (Lipinski definition) is 0. The molecule has 92 valence electrons. The maximum Gasteiger partial charge on any atom is 0.339 e. The lowest BCUT2D eigenvalue weighted by Gasteiger charge is -2.02. The zero-order valence-corrected chi connectivity index (χ0v) is 9.62. The lowest BCUT2D eigenvalue weighted by molar-refractivity contribution is -0.384. The molecular formula is C12H10N2O4. The first-order valence-electron chi connectivity index (χ1n) is 5.33. The Balaban J connectivity index is 2.48. The van der Waals surface area contributed by atoms with Crippen LogP contribution in [0.25, 0.3) is 10.9 Å². The van der Waals surface area contributed by atoms with E-state index in [0.29, 0.717) is 10.9 Å². The summed E-state index contributed by atoms with van der Waals surface area (Å²) in [6, 6.07) is 5.83. The number of carbonyl (C=O) groups is 1. The highest BCUT2D eigenvalue weighted by Crippen LogP contribution is 2.20. The normalized spacial score (nSPS) is 10.3. The third kappa shape index (κ3) is 2.27. The van der Waals surface area contributed by atoms with Gasteiger partial charge < -0.3 is 4.74 Å². The molecule has 0 aliphatic heterocycles. The van der Waals surface area contributed by atoms with E-state index in [1.807, 2.05) is 0 Å². The monoisotopic (exact) mass is 246 g/mol. The molecule has 1 aromatic heterocycles. The van der Waals surface area contributed by atoms with Gasteiger partial charge in [0, 0.05) is 23.7 Å². The van der Waals surface area contributed by atoms with E-state index in [1.165, 1.54) is 24.4 Å². The average molecular weight is 246 g/mol. The predicted molar refractivity (Wildman–Crippen MR) is 64.4 cm³/mol. The molecule has 2 aromatic rings. The molecule has 18 heavy (non-hydrogen) atoms. The van der Waals surface area contributed by atoms with Gasteiger partial charge in [0.25, 0.3) is 5.69 Å². The van der Waals surface area contributed by atoms with Crippen molar-refractivity contribution in [1.82, 2.24) is 4.98 Å². The van der Waals surface area contributed by atoms with Gasteiger partial charge in [0.2, 0.25) is 0 Å². The topological polar surface area (TPSA) is 82.3 Å². The summed E-state index contributed by atoms with van der Waals surface area (Å²) in [5, 5.41) is 11.2. The maximum atomic E-state index is 11.5. The number of carbonyl (C=O) groups excluding carboxylic acids is 1. The lowest BCUT2D eigenvalue weighted by atomic mass is 10.1. The molecule has 0 amide bonds. The summed E-state index contributed by atoms with van der Waals surface area (Å²) in [5.74, 6) is -0.488. The first-order chi connectivity index (χ1) is 8.61. The molecule has 0 bridgehead atoms. The number of nitro benzene ring substituents is 1. The van der Waals surface area contributed by atoms with E-state index in [2.05, 4.69) is 4.98 Å². The Morgan fingerprint density at radius 2 is 2.22 bits per heavy atom. The van der Waals surface area contributed by atoms with Gasteiger partial charge in [-0.1, -0.05) is 0 Å². The van der Waals surface area contributed by atoms with Gasteiger partial charge in [0.1, 0.15) is 0 Å². The predicted octanol–water partition coefficient (Wildman–Crippen LogP) is 2.32. The summed E-state index contributed by atoms with van der Waals surface area (Å²) >= 11 is 0. The molecule has 0 aliphatic carbocycles. The van der Waals surface area contributed by atoms with Gasteiger partial charge in [-0.2, -0.15) is 0 Å². The molecule has 6 heteroatoms. The Hall–Kier alpha value is -2.50. The molecule has 0 fully saturated rings. The molecule has 0 unspecified atom stereocenters. The summed E-state index contributed by atoms with van der Waals surface area (Å²) in [5.41, 5.74) is 0.837.